The summed E-state index contributed by atoms with van der Waals surface area (Å²) in [5.41, 5.74) is 1.33. The van der Waals surface area contributed by atoms with Crippen LogP contribution in [0.15, 0.2) is 29.2 Å². The summed E-state index contributed by atoms with van der Waals surface area (Å²) in [5.74, 6) is 2.11. The molecule has 0 radical (unpaired) electrons. The van der Waals surface area contributed by atoms with Gasteiger partial charge in [-0.05, 0) is 39.0 Å². The van der Waals surface area contributed by atoms with E-state index in [1.54, 1.807) is 33.6 Å². The van der Waals surface area contributed by atoms with Crippen molar-refractivity contribution >= 4 is 11.5 Å². The molecule has 0 amide bonds. The Morgan fingerprint density at radius 3 is 2.22 bits per heavy atom. The fourth-order valence-corrected chi connectivity index (χ4v) is 2.90. The molecule has 144 valence electrons. The molecule has 8 nitrogen and oxygen atoms in total. The number of fused-ring (bicyclic) bond motifs is 1. The molecule has 0 spiro atoms. The number of H-pyrrole nitrogens is 1. The van der Waals surface area contributed by atoms with Gasteiger partial charge in [-0.25, -0.2) is 14.2 Å². The lowest BCUT2D eigenvalue weighted by Gasteiger charge is -2.22. The third-order valence-corrected chi connectivity index (χ3v) is 3.98. The molecule has 0 unspecified atom stereocenters. The summed E-state index contributed by atoms with van der Waals surface area (Å²) in [7, 11) is 4.67. The van der Waals surface area contributed by atoms with Gasteiger partial charge in [0.1, 0.15) is 17.2 Å². The summed E-state index contributed by atoms with van der Waals surface area (Å²) >= 11 is 0. The monoisotopic (exact) mass is 372 g/mol. The van der Waals surface area contributed by atoms with Gasteiger partial charge in [0.25, 0.3) is 0 Å². The minimum absolute atomic E-state index is 0.273. The van der Waals surface area contributed by atoms with Gasteiger partial charge < -0.3 is 24.5 Å². The Bertz CT molecular complexity index is 1010. The van der Waals surface area contributed by atoms with Crippen molar-refractivity contribution in [3.63, 3.8) is 0 Å². The second kappa shape index (κ2) is 6.86. The van der Waals surface area contributed by atoms with Crippen molar-refractivity contribution in [1.29, 1.82) is 0 Å². The number of imidazole rings is 1. The number of rotatable bonds is 5. The van der Waals surface area contributed by atoms with Crippen molar-refractivity contribution < 1.29 is 14.2 Å². The maximum absolute atomic E-state index is 12.4. The predicted molar refractivity (Wildman–Crippen MR) is 104 cm³/mol. The number of methoxy groups -OCH3 is 3. The van der Waals surface area contributed by atoms with E-state index in [4.69, 9.17) is 14.2 Å². The summed E-state index contributed by atoms with van der Waals surface area (Å²) in [6, 6.07) is 5.37. The molecule has 0 fully saturated rings. The normalized spacial score (nSPS) is 11.5. The first-order valence-electron chi connectivity index (χ1n) is 8.47. The highest BCUT2D eigenvalue weighted by Gasteiger charge is 2.23. The minimum atomic E-state index is -0.284. The van der Waals surface area contributed by atoms with E-state index in [1.807, 2.05) is 32.9 Å². The SMILES string of the molecule is COc1cc(-c2nc3cc[nH]c(=O)n3c2NC(C)(C)C)cc(OC)c1OC. The minimum Gasteiger partial charge on any atom is -0.493 e. The third-order valence-electron chi connectivity index (χ3n) is 3.98. The lowest BCUT2D eigenvalue weighted by atomic mass is 10.1. The van der Waals surface area contributed by atoms with Crippen LogP contribution in [0.1, 0.15) is 20.8 Å². The van der Waals surface area contributed by atoms with Gasteiger partial charge in [-0.1, -0.05) is 0 Å². The van der Waals surface area contributed by atoms with Crippen LogP contribution in [-0.4, -0.2) is 41.2 Å². The zero-order valence-electron chi connectivity index (χ0n) is 16.3. The summed E-state index contributed by atoms with van der Waals surface area (Å²) < 4.78 is 17.8. The topological polar surface area (TPSA) is 89.9 Å². The lowest BCUT2D eigenvalue weighted by Crippen LogP contribution is -2.29. The first kappa shape index (κ1) is 18.6. The molecular formula is C19H24N4O4. The molecule has 27 heavy (non-hydrogen) atoms. The Kier molecular flexibility index (Phi) is 4.73. The van der Waals surface area contributed by atoms with Crippen LogP contribution >= 0.6 is 0 Å². The average molecular weight is 372 g/mol. The Hall–Kier alpha value is -3.16. The maximum Gasteiger partial charge on any atom is 0.332 e. The van der Waals surface area contributed by atoms with E-state index in [9.17, 15) is 4.79 Å². The summed E-state index contributed by atoms with van der Waals surface area (Å²) in [6.45, 7) is 6.05. The van der Waals surface area contributed by atoms with Crippen molar-refractivity contribution in [2.24, 2.45) is 0 Å². The fraction of sp³-hybridized carbons (Fsp3) is 0.368. The third kappa shape index (κ3) is 3.42. The number of nitrogens with one attached hydrogen (secondary N) is 2. The van der Waals surface area contributed by atoms with Gasteiger partial charge in [0.15, 0.2) is 11.5 Å². The van der Waals surface area contributed by atoms with Crippen molar-refractivity contribution in [2.75, 3.05) is 26.6 Å². The molecule has 3 rings (SSSR count). The molecule has 0 bridgehead atoms. The highest BCUT2D eigenvalue weighted by atomic mass is 16.5. The molecule has 0 atom stereocenters. The molecule has 1 aromatic carbocycles. The van der Waals surface area contributed by atoms with E-state index >= 15 is 0 Å². The van der Waals surface area contributed by atoms with Crippen LogP contribution in [0.25, 0.3) is 16.9 Å². The van der Waals surface area contributed by atoms with Crippen LogP contribution < -0.4 is 25.2 Å². The van der Waals surface area contributed by atoms with Gasteiger partial charge >= 0.3 is 5.69 Å². The van der Waals surface area contributed by atoms with E-state index in [1.165, 1.54) is 4.40 Å². The smallest absolute Gasteiger partial charge is 0.332 e. The standard InChI is InChI=1S/C19H24N4O4/c1-19(2,3)22-17-15(21-14-7-8-20-18(24)23(14)17)11-9-12(25-4)16(27-6)13(10-11)26-5/h7-10,22H,1-6H3,(H,20,24). The van der Waals surface area contributed by atoms with Gasteiger partial charge in [0.05, 0.1) is 21.3 Å². The van der Waals surface area contributed by atoms with Crippen LogP contribution in [0.3, 0.4) is 0 Å². The molecule has 0 aliphatic heterocycles. The maximum atomic E-state index is 12.4. The zero-order valence-corrected chi connectivity index (χ0v) is 16.3. The Morgan fingerprint density at radius 2 is 1.70 bits per heavy atom. The van der Waals surface area contributed by atoms with Crippen LogP contribution in [0, 0.1) is 0 Å². The number of hydrogen-bond acceptors (Lipinski definition) is 6. The van der Waals surface area contributed by atoms with Gasteiger partial charge in [-0.3, -0.25) is 0 Å². The number of hydrogen-bond donors (Lipinski definition) is 2. The first-order chi connectivity index (χ1) is 12.8. The summed E-state index contributed by atoms with van der Waals surface area (Å²) in [6.07, 6.45) is 1.57. The van der Waals surface area contributed by atoms with Gasteiger partial charge in [0.2, 0.25) is 5.75 Å². The lowest BCUT2D eigenvalue weighted by molar-refractivity contribution is 0.324. The van der Waals surface area contributed by atoms with Crippen molar-refractivity contribution in [3.05, 3.63) is 34.9 Å². The Balaban J connectivity index is 2.33. The number of anilines is 1. The van der Waals surface area contributed by atoms with Gasteiger partial charge in [0, 0.05) is 17.3 Å². The predicted octanol–water partition coefficient (Wildman–Crippen LogP) is 2.93. The van der Waals surface area contributed by atoms with Crippen molar-refractivity contribution in [1.82, 2.24) is 14.4 Å². The molecule has 2 heterocycles. The molecule has 2 aromatic heterocycles. The van der Waals surface area contributed by atoms with Crippen molar-refractivity contribution in [2.45, 2.75) is 26.3 Å². The van der Waals surface area contributed by atoms with E-state index in [0.29, 0.717) is 34.4 Å². The molecule has 3 aromatic rings. The molecule has 0 aliphatic carbocycles. The molecular weight excluding hydrogens is 348 g/mol. The molecule has 2 N–H and O–H groups in total. The average Bonchev–Trinajstić information content (AvgIpc) is 2.98. The Labute approximate surface area is 157 Å². The quantitative estimate of drug-likeness (QED) is 0.716. The van der Waals surface area contributed by atoms with Crippen molar-refractivity contribution in [3.8, 4) is 28.5 Å². The van der Waals surface area contributed by atoms with Gasteiger partial charge in [-0.2, -0.15) is 0 Å². The number of aromatic nitrogens is 3. The van der Waals surface area contributed by atoms with E-state index in [2.05, 4.69) is 15.3 Å². The molecule has 0 aliphatic rings. The van der Waals surface area contributed by atoms with E-state index in [0.717, 1.165) is 5.56 Å². The summed E-state index contributed by atoms with van der Waals surface area (Å²) in [5, 5.41) is 3.38. The highest BCUT2D eigenvalue weighted by molar-refractivity contribution is 5.79. The van der Waals surface area contributed by atoms with E-state index in [-0.39, 0.29) is 11.2 Å². The highest BCUT2D eigenvalue weighted by Crippen LogP contribution is 2.42. The molecule has 0 saturated carbocycles. The van der Waals surface area contributed by atoms with Crippen LogP contribution in [0.4, 0.5) is 5.82 Å². The van der Waals surface area contributed by atoms with Crippen LogP contribution in [0.2, 0.25) is 0 Å². The van der Waals surface area contributed by atoms with E-state index < -0.39 is 0 Å². The Morgan fingerprint density at radius 1 is 1.07 bits per heavy atom. The molecule has 0 saturated heterocycles. The number of ether oxygens (including phenoxy) is 3. The summed E-state index contributed by atoms with van der Waals surface area (Å²) in [4.78, 5) is 19.8. The van der Waals surface area contributed by atoms with Crippen LogP contribution in [0.5, 0.6) is 17.2 Å². The van der Waals surface area contributed by atoms with Gasteiger partial charge in [-0.15, -0.1) is 0 Å². The molecule has 8 heteroatoms. The fourth-order valence-electron chi connectivity index (χ4n) is 2.90. The first-order valence-corrected chi connectivity index (χ1v) is 8.47. The largest absolute Gasteiger partial charge is 0.493 e. The number of nitrogens with zero attached hydrogens (tertiary/aromatic N) is 2. The van der Waals surface area contributed by atoms with Crippen LogP contribution in [-0.2, 0) is 0 Å². The second-order valence-electron chi connectivity index (χ2n) is 7.07. The second-order valence-corrected chi connectivity index (χ2v) is 7.07. The number of benzene rings is 1. The zero-order chi connectivity index (χ0) is 19.8. The number of aromatic amines is 1.